The lowest BCUT2D eigenvalue weighted by atomic mass is 10.9. The lowest BCUT2D eigenvalue weighted by molar-refractivity contribution is 0.361. The van der Waals surface area contributed by atoms with Gasteiger partial charge in [0.1, 0.15) is 0 Å². The highest BCUT2D eigenvalue weighted by atomic mass is 35.7. The van der Waals surface area contributed by atoms with Crippen LogP contribution < -0.4 is 0 Å². The predicted octanol–water partition coefficient (Wildman–Crippen LogP) is 1.50. The van der Waals surface area contributed by atoms with Crippen LogP contribution in [0.4, 0.5) is 0 Å². The third-order valence-electron chi connectivity index (χ3n) is 1.04. The lowest BCUT2D eigenvalue weighted by Gasteiger charge is -2.23. The van der Waals surface area contributed by atoms with Gasteiger partial charge in [0.05, 0.1) is 0 Å². The van der Waals surface area contributed by atoms with Gasteiger partial charge in [-0.1, -0.05) is 11.6 Å². The summed E-state index contributed by atoms with van der Waals surface area (Å²) in [5.41, 5.74) is 0. The first kappa shape index (κ1) is 11.9. The van der Waals surface area contributed by atoms with Gasteiger partial charge in [-0.3, -0.25) is 9.13 Å². The summed E-state index contributed by atoms with van der Waals surface area (Å²) in [6.07, 6.45) is 0. The van der Waals surface area contributed by atoms with Crippen molar-refractivity contribution in [3.63, 3.8) is 0 Å². The molecule has 0 spiro atoms. The number of halogens is 2. The van der Waals surface area contributed by atoms with Crippen LogP contribution in [-0.4, -0.2) is 19.0 Å². The van der Waals surface area contributed by atoms with Crippen LogP contribution in [0.5, 0.6) is 0 Å². The van der Waals surface area contributed by atoms with Crippen molar-refractivity contribution in [3.8, 4) is 0 Å². The van der Waals surface area contributed by atoms with Gasteiger partial charge in [0, 0.05) is 0 Å². The minimum absolute atomic E-state index is 0.711. The van der Waals surface area contributed by atoms with Crippen molar-refractivity contribution in [2.75, 3.05) is 0 Å². The molecule has 0 rings (SSSR count). The van der Waals surface area contributed by atoms with E-state index in [0.29, 0.717) is 6.92 Å². The number of alkyl halides is 1. The molecule has 0 amide bonds. The molecule has 0 saturated heterocycles. The van der Waals surface area contributed by atoms with Crippen molar-refractivity contribution < 1.29 is 23.8 Å². The number of hydrogen-bond acceptors (Lipinski definition) is 2. The van der Waals surface area contributed by atoms with Crippen LogP contribution in [0.2, 0.25) is 0 Å². The zero-order chi connectivity index (χ0) is 9.50. The Bertz CT molecular complexity index is 213. The van der Waals surface area contributed by atoms with Crippen LogP contribution in [-0.2, 0) is 9.13 Å². The van der Waals surface area contributed by atoms with E-state index < -0.39 is 18.7 Å². The van der Waals surface area contributed by atoms with Crippen molar-refractivity contribution in [1.29, 1.82) is 0 Å². The first-order valence-electron chi connectivity index (χ1n) is 2.27. The summed E-state index contributed by atoms with van der Waals surface area (Å²) >= 11 is 9.88. The number of hydrogen-bond donors (Lipinski definition) is 3. The molecule has 2 atom stereocenters. The van der Waals surface area contributed by atoms with Gasteiger partial charge in [-0.2, -0.15) is 0 Å². The van der Waals surface area contributed by atoms with Crippen LogP contribution in [0.25, 0.3) is 0 Å². The average molecular weight is 243 g/mol. The second kappa shape index (κ2) is 3.00. The molecule has 9 heteroatoms. The number of rotatable bonds is 2. The fourth-order valence-corrected chi connectivity index (χ4v) is 2.33. The lowest BCUT2D eigenvalue weighted by Crippen LogP contribution is -2.13. The van der Waals surface area contributed by atoms with Crippen LogP contribution in [0.15, 0.2) is 0 Å². The van der Waals surface area contributed by atoms with Gasteiger partial charge in [-0.25, -0.2) is 0 Å². The Morgan fingerprint density at radius 3 is 1.55 bits per heavy atom. The largest absolute Gasteiger partial charge is 0.357 e. The van der Waals surface area contributed by atoms with Crippen molar-refractivity contribution in [2.24, 2.45) is 0 Å². The molecule has 0 aliphatic heterocycles. The van der Waals surface area contributed by atoms with E-state index in [1.54, 1.807) is 0 Å². The molecule has 3 N–H and O–H groups in total. The first-order valence-corrected chi connectivity index (χ1v) is 6.83. The summed E-state index contributed by atoms with van der Waals surface area (Å²) in [7, 11) is -4.87. The van der Waals surface area contributed by atoms with E-state index in [-0.39, 0.29) is 0 Å². The molecule has 0 heterocycles. The third-order valence-corrected chi connectivity index (χ3v) is 7.68. The maximum absolute atomic E-state index is 10.6. The van der Waals surface area contributed by atoms with E-state index in [9.17, 15) is 9.13 Å². The Balaban J connectivity index is 5.08. The highest BCUT2D eigenvalue weighted by Gasteiger charge is 2.54. The van der Waals surface area contributed by atoms with Crippen molar-refractivity contribution >= 4 is 37.2 Å². The second-order valence-corrected chi connectivity index (χ2v) is 8.84. The summed E-state index contributed by atoms with van der Waals surface area (Å²) in [6.45, 7) is -3.80. The minimum Gasteiger partial charge on any atom is -0.332 e. The van der Waals surface area contributed by atoms with E-state index in [1.807, 2.05) is 0 Å². The molecule has 0 saturated carbocycles. The van der Waals surface area contributed by atoms with Crippen LogP contribution in [0.1, 0.15) is 6.92 Å². The van der Waals surface area contributed by atoms with E-state index in [2.05, 4.69) is 0 Å². The van der Waals surface area contributed by atoms with E-state index in [0.717, 1.165) is 0 Å². The Hall–Kier alpha value is 0.920. The van der Waals surface area contributed by atoms with Gasteiger partial charge in [0.15, 0.2) is 0 Å². The predicted molar refractivity (Wildman–Crippen MR) is 42.0 cm³/mol. The molecule has 5 nitrogen and oxygen atoms in total. The van der Waals surface area contributed by atoms with E-state index in [4.69, 9.17) is 37.5 Å². The van der Waals surface area contributed by atoms with Crippen LogP contribution in [0, 0.1) is 0 Å². The normalized spacial score (nSPS) is 23.8. The average Bonchev–Trinajstić information content (AvgIpc) is 1.58. The molecule has 0 fully saturated rings. The van der Waals surface area contributed by atoms with Crippen LogP contribution >= 0.6 is 37.2 Å². The molecule has 11 heavy (non-hydrogen) atoms. The molecule has 0 aromatic rings. The second-order valence-electron chi connectivity index (χ2n) is 1.95. The van der Waals surface area contributed by atoms with Gasteiger partial charge in [-0.05, 0) is 18.2 Å². The zero-order valence-electron chi connectivity index (χ0n) is 5.31. The SMILES string of the molecule is CC(Cl)(P(=O)(O)O)P(=O)(O)Cl. The molecule has 0 radical (unpaired) electrons. The topological polar surface area (TPSA) is 94.8 Å². The van der Waals surface area contributed by atoms with Crippen molar-refractivity contribution in [1.82, 2.24) is 0 Å². The molecule has 0 aliphatic carbocycles. The third kappa shape index (κ3) is 2.43. The quantitative estimate of drug-likeness (QED) is 0.504. The van der Waals surface area contributed by atoms with Gasteiger partial charge in [0.2, 0.25) is 4.36 Å². The van der Waals surface area contributed by atoms with Crippen molar-refractivity contribution in [2.45, 2.75) is 11.3 Å². The Morgan fingerprint density at radius 1 is 1.27 bits per heavy atom. The first-order chi connectivity index (χ1) is 4.50. The maximum Gasteiger partial charge on any atom is 0.357 e. The van der Waals surface area contributed by atoms with Gasteiger partial charge < -0.3 is 14.7 Å². The fourth-order valence-electron chi connectivity index (χ4n) is 0.161. The molecular formula is C2H6Cl2O5P2. The fraction of sp³-hybridized carbons (Fsp3) is 1.00. The summed E-state index contributed by atoms with van der Waals surface area (Å²) in [4.78, 5) is 25.5. The Labute approximate surface area is 72.7 Å². The Kier molecular flexibility index (Phi) is 3.25. The summed E-state index contributed by atoms with van der Waals surface area (Å²) in [5, 5.41) is 0. The molecule has 0 aromatic carbocycles. The van der Waals surface area contributed by atoms with Gasteiger partial charge in [-0.15, -0.1) is 0 Å². The molecule has 0 aliphatic rings. The smallest absolute Gasteiger partial charge is 0.332 e. The highest BCUT2D eigenvalue weighted by Crippen LogP contribution is 2.75. The van der Waals surface area contributed by atoms with Gasteiger partial charge in [0.25, 0.3) is 0 Å². The summed E-state index contributed by atoms with van der Waals surface area (Å²) < 4.78 is 18.4. The van der Waals surface area contributed by atoms with Gasteiger partial charge >= 0.3 is 14.3 Å². The molecule has 0 bridgehead atoms. The van der Waals surface area contributed by atoms with E-state index >= 15 is 0 Å². The molecule has 2 unspecified atom stereocenters. The monoisotopic (exact) mass is 242 g/mol. The van der Waals surface area contributed by atoms with E-state index in [1.165, 1.54) is 0 Å². The molecular weight excluding hydrogens is 237 g/mol. The van der Waals surface area contributed by atoms with Crippen LogP contribution in [0.3, 0.4) is 0 Å². The maximum atomic E-state index is 10.6. The van der Waals surface area contributed by atoms with Crippen molar-refractivity contribution in [3.05, 3.63) is 0 Å². The Morgan fingerprint density at radius 2 is 1.55 bits per heavy atom. The standard InChI is InChI=1S/C2H6Cl2O5P2/c1-2(3,10(4,5)6)11(7,8)9/h1H3,(H,5,6)(H2,7,8,9). The summed E-state index contributed by atoms with van der Waals surface area (Å²) in [6, 6.07) is 0. The zero-order valence-corrected chi connectivity index (χ0v) is 8.61. The highest BCUT2D eigenvalue weighted by molar-refractivity contribution is 7.94. The minimum atomic E-state index is -4.87. The summed E-state index contributed by atoms with van der Waals surface area (Å²) in [5.74, 6) is 0. The molecule has 68 valence electrons. The molecule has 0 aromatic heterocycles.